The molecule has 14 heteroatoms. The number of anilines is 1. The van der Waals surface area contributed by atoms with Gasteiger partial charge in [0.2, 0.25) is 4.96 Å². The second-order valence-corrected chi connectivity index (χ2v) is 10.00. The molecule has 0 unspecified atom stereocenters. The molecule has 0 radical (unpaired) electrons. The van der Waals surface area contributed by atoms with E-state index in [0.717, 1.165) is 16.2 Å². The summed E-state index contributed by atoms with van der Waals surface area (Å²) in [4.78, 5) is 24.7. The molecule has 0 saturated carbocycles. The van der Waals surface area contributed by atoms with E-state index in [1.54, 1.807) is 24.9 Å². The second-order valence-electron chi connectivity index (χ2n) is 8.24. The maximum absolute atomic E-state index is 11.1. The second kappa shape index (κ2) is 9.44. The fraction of sp³-hybridized carbons (Fsp3) is 0.304. The number of imidazole rings is 1. The molecular weight excluding hydrogens is 520 g/mol. The van der Waals surface area contributed by atoms with Gasteiger partial charge in [-0.1, -0.05) is 0 Å². The number of amides is 1. The first-order valence-corrected chi connectivity index (χ1v) is 13.0. The molecule has 5 aromatic rings. The van der Waals surface area contributed by atoms with Gasteiger partial charge in [0.25, 0.3) is 5.19 Å². The molecule has 1 amide bonds. The van der Waals surface area contributed by atoms with Crippen LogP contribution in [0, 0.1) is 0 Å². The van der Waals surface area contributed by atoms with Crippen LogP contribution >= 0.6 is 22.7 Å². The molecular formula is C23H22N6O6S2. The SMILES string of the molecule is COc1cc(OCc2csc(N3CCN(C(=O)O)CC3)n2)c2cc(-c3cn4nc(OC)sc4n3)oc2c1. The minimum Gasteiger partial charge on any atom is -0.496 e. The lowest BCUT2D eigenvalue weighted by Gasteiger charge is -2.32. The van der Waals surface area contributed by atoms with Crippen LogP contribution in [0.3, 0.4) is 0 Å². The number of methoxy groups -OCH3 is 2. The van der Waals surface area contributed by atoms with Crippen molar-refractivity contribution < 1.29 is 28.5 Å². The summed E-state index contributed by atoms with van der Waals surface area (Å²) in [6, 6.07) is 5.52. The smallest absolute Gasteiger partial charge is 0.407 e. The fourth-order valence-corrected chi connectivity index (χ4v) is 5.64. The standard InChI is InChI=1S/C23H22N6O6S2/c1-32-14-7-17(34-11-13-12-36-20(24-13)27-3-5-28(6-4-27)23(30)31)15-9-19(35-18(15)8-14)16-10-29-21(25-16)37-22(26-29)33-2/h7-10,12H,3-6,11H2,1-2H3,(H,30,31). The van der Waals surface area contributed by atoms with Crippen molar-refractivity contribution in [1.82, 2.24) is 24.5 Å². The third kappa shape index (κ3) is 4.49. The molecule has 1 aliphatic rings. The van der Waals surface area contributed by atoms with Gasteiger partial charge >= 0.3 is 6.09 Å². The van der Waals surface area contributed by atoms with E-state index in [0.29, 0.717) is 64.9 Å². The number of hydrogen-bond donors (Lipinski definition) is 1. The van der Waals surface area contributed by atoms with Gasteiger partial charge in [0.15, 0.2) is 10.9 Å². The number of aromatic nitrogens is 4. The van der Waals surface area contributed by atoms with Crippen molar-refractivity contribution >= 4 is 49.8 Å². The first kappa shape index (κ1) is 23.4. The molecule has 1 aliphatic heterocycles. The highest BCUT2D eigenvalue weighted by Crippen LogP contribution is 2.37. The Morgan fingerprint density at radius 1 is 1.14 bits per heavy atom. The van der Waals surface area contributed by atoms with Gasteiger partial charge in [0.05, 0.1) is 31.5 Å². The zero-order valence-corrected chi connectivity index (χ0v) is 21.5. The van der Waals surface area contributed by atoms with Crippen LogP contribution in [0.1, 0.15) is 5.69 Å². The number of benzene rings is 1. The van der Waals surface area contributed by atoms with Crippen LogP contribution in [-0.4, -0.2) is 76.1 Å². The Balaban J connectivity index is 1.21. The number of hydrogen-bond acceptors (Lipinski definition) is 11. The van der Waals surface area contributed by atoms with E-state index < -0.39 is 6.09 Å². The largest absolute Gasteiger partial charge is 0.496 e. The van der Waals surface area contributed by atoms with Gasteiger partial charge in [-0.3, -0.25) is 0 Å². The van der Waals surface area contributed by atoms with Crippen molar-refractivity contribution in [3.05, 3.63) is 35.5 Å². The lowest BCUT2D eigenvalue weighted by Crippen LogP contribution is -2.48. The first-order chi connectivity index (χ1) is 18.0. The summed E-state index contributed by atoms with van der Waals surface area (Å²) in [6.45, 7) is 2.41. The van der Waals surface area contributed by atoms with Crippen LogP contribution < -0.4 is 19.1 Å². The van der Waals surface area contributed by atoms with E-state index in [1.807, 2.05) is 23.6 Å². The van der Waals surface area contributed by atoms with E-state index in [1.165, 1.54) is 27.6 Å². The van der Waals surface area contributed by atoms with Crippen molar-refractivity contribution in [2.45, 2.75) is 6.61 Å². The van der Waals surface area contributed by atoms with Crippen molar-refractivity contribution in [3.8, 4) is 28.1 Å². The van der Waals surface area contributed by atoms with E-state index >= 15 is 0 Å². The number of furan rings is 1. The van der Waals surface area contributed by atoms with E-state index in [4.69, 9.17) is 28.7 Å². The maximum Gasteiger partial charge on any atom is 0.407 e. The molecule has 0 bridgehead atoms. The summed E-state index contributed by atoms with van der Waals surface area (Å²) in [5, 5.41) is 17.6. The monoisotopic (exact) mass is 542 g/mol. The summed E-state index contributed by atoms with van der Waals surface area (Å²) < 4.78 is 24.5. The highest BCUT2D eigenvalue weighted by atomic mass is 32.1. The summed E-state index contributed by atoms with van der Waals surface area (Å²) in [5.41, 5.74) is 2.05. The predicted octanol–water partition coefficient (Wildman–Crippen LogP) is 4.06. The minimum absolute atomic E-state index is 0.262. The molecule has 0 aliphatic carbocycles. The van der Waals surface area contributed by atoms with Gasteiger partial charge in [-0.05, 0) is 17.4 Å². The molecule has 37 heavy (non-hydrogen) atoms. The van der Waals surface area contributed by atoms with Gasteiger partial charge in [-0.25, -0.2) is 19.3 Å². The number of fused-ring (bicyclic) bond motifs is 2. The summed E-state index contributed by atoms with van der Waals surface area (Å²) in [5.74, 6) is 1.80. The Morgan fingerprint density at radius 2 is 1.97 bits per heavy atom. The third-order valence-electron chi connectivity index (χ3n) is 6.00. The van der Waals surface area contributed by atoms with Gasteiger partial charge in [0.1, 0.15) is 29.4 Å². The van der Waals surface area contributed by atoms with Crippen LogP contribution in [-0.2, 0) is 6.61 Å². The summed E-state index contributed by atoms with van der Waals surface area (Å²) in [6.07, 6.45) is 0.904. The molecule has 0 spiro atoms. The average Bonchev–Trinajstić information content (AvgIpc) is 3.69. The number of piperazine rings is 1. The van der Waals surface area contributed by atoms with Crippen LogP contribution in [0.15, 0.2) is 34.2 Å². The molecule has 1 aromatic carbocycles. The summed E-state index contributed by atoms with van der Waals surface area (Å²) in [7, 11) is 3.16. The Kier molecular flexibility index (Phi) is 5.96. The summed E-state index contributed by atoms with van der Waals surface area (Å²) >= 11 is 2.86. The van der Waals surface area contributed by atoms with Crippen molar-refractivity contribution in [2.24, 2.45) is 0 Å². The molecule has 6 rings (SSSR count). The molecule has 0 atom stereocenters. The van der Waals surface area contributed by atoms with Crippen molar-refractivity contribution in [2.75, 3.05) is 45.3 Å². The van der Waals surface area contributed by atoms with Crippen LogP contribution in [0.4, 0.5) is 9.93 Å². The maximum atomic E-state index is 11.1. The molecule has 5 heterocycles. The minimum atomic E-state index is -0.885. The molecule has 12 nitrogen and oxygen atoms in total. The molecule has 4 aromatic heterocycles. The molecule has 1 N–H and O–H groups in total. The number of thiazole rings is 1. The quantitative estimate of drug-likeness (QED) is 0.322. The Morgan fingerprint density at radius 3 is 2.70 bits per heavy atom. The van der Waals surface area contributed by atoms with Gasteiger partial charge in [-0.15, -0.1) is 16.4 Å². The normalized spacial score (nSPS) is 14.0. The number of carbonyl (C=O) groups is 1. The van der Waals surface area contributed by atoms with Crippen LogP contribution in [0.5, 0.6) is 16.7 Å². The molecule has 1 saturated heterocycles. The highest BCUT2D eigenvalue weighted by molar-refractivity contribution is 7.18. The third-order valence-corrected chi connectivity index (χ3v) is 7.83. The van der Waals surface area contributed by atoms with E-state index in [2.05, 4.69) is 15.0 Å². The van der Waals surface area contributed by atoms with Gasteiger partial charge in [0, 0.05) is 43.7 Å². The number of rotatable bonds is 7. The molecule has 1 fully saturated rings. The van der Waals surface area contributed by atoms with Gasteiger partial charge in [-0.2, -0.15) is 0 Å². The first-order valence-electron chi connectivity index (χ1n) is 11.3. The Bertz CT molecular complexity index is 1550. The van der Waals surface area contributed by atoms with E-state index in [9.17, 15) is 4.79 Å². The number of ether oxygens (including phenoxy) is 3. The van der Waals surface area contributed by atoms with Crippen molar-refractivity contribution in [3.63, 3.8) is 0 Å². The Hall–Kier alpha value is -4.04. The lowest BCUT2D eigenvalue weighted by atomic mass is 10.2. The number of carboxylic acid groups (broad SMARTS) is 1. The zero-order valence-electron chi connectivity index (χ0n) is 19.9. The van der Waals surface area contributed by atoms with E-state index in [-0.39, 0.29) is 6.61 Å². The average molecular weight is 543 g/mol. The van der Waals surface area contributed by atoms with Gasteiger partial charge < -0.3 is 33.5 Å². The fourth-order valence-electron chi connectivity index (χ4n) is 4.08. The zero-order chi connectivity index (χ0) is 25.5. The number of nitrogens with zero attached hydrogens (tertiary/aromatic N) is 6. The Labute approximate surface area is 218 Å². The van der Waals surface area contributed by atoms with Crippen molar-refractivity contribution in [1.29, 1.82) is 0 Å². The predicted molar refractivity (Wildman–Crippen MR) is 137 cm³/mol. The topological polar surface area (TPSA) is 128 Å². The lowest BCUT2D eigenvalue weighted by molar-refractivity contribution is 0.142. The van der Waals surface area contributed by atoms with Crippen LogP contribution in [0.2, 0.25) is 0 Å². The highest BCUT2D eigenvalue weighted by Gasteiger charge is 2.23. The molecule has 192 valence electrons. The van der Waals surface area contributed by atoms with Crippen LogP contribution in [0.25, 0.3) is 27.4 Å².